The summed E-state index contributed by atoms with van der Waals surface area (Å²) in [5.41, 5.74) is 0.534. The smallest absolute Gasteiger partial charge is 0.222 e. The van der Waals surface area contributed by atoms with Crippen molar-refractivity contribution in [1.82, 2.24) is 4.90 Å². The summed E-state index contributed by atoms with van der Waals surface area (Å²) >= 11 is 0. The second-order valence-electron chi connectivity index (χ2n) is 4.74. The van der Waals surface area contributed by atoms with Crippen LogP contribution < -0.4 is 0 Å². The molecule has 0 radical (unpaired) electrons. The Kier molecular flexibility index (Phi) is 5.42. The van der Waals surface area contributed by atoms with Crippen molar-refractivity contribution < 1.29 is 18.7 Å². The average molecular weight is 271 g/mol. The highest BCUT2D eigenvalue weighted by atomic mass is 19.2. The van der Waals surface area contributed by atoms with Gasteiger partial charge in [0.1, 0.15) is 0 Å². The maximum absolute atomic E-state index is 13.1. The van der Waals surface area contributed by atoms with E-state index in [4.69, 9.17) is 5.11 Å². The molecule has 0 heterocycles. The Bertz CT molecular complexity index is 449. The van der Waals surface area contributed by atoms with E-state index in [0.717, 1.165) is 12.1 Å². The summed E-state index contributed by atoms with van der Waals surface area (Å²) in [5, 5.41) is 9.14. The molecule has 19 heavy (non-hydrogen) atoms. The number of aliphatic hydroxyl groups excluding tert-OH is 1. The van der Waals surface area contributed by atoms with Gasteiger partial charge in [0.25, 0.3) is 0 Å². The van der Waals surface area contributed by atoms with Crippen LogP contribution in [0.4, 0.5) is 8.78 Å². The summed E-state index contributed by atoms with van der Waals surface area (Å²) in [6.45, 7) is 3.36. The second-order valence-corrected chi connectivity index (χ2v) is 4.74. The molecule has 0 bridgehead atoms. The number of nitrogens with zero attached hydrogens (tertiary/aromatic N) is 1. The van der Waals surface area contributed by atoms with Crippen LogP contribution in [0, 0.1) is 11.6 Å². The molecule has 1 amide bonds. The predicted molar refractivity (Wildman–Crippen MR) is 68.5 cm³/mol. The molecule has 1 aromatic rings. The maximum atomic E-state index is 13.1. The minimum atomic E-state index is -0.922. The number of benzene rings is 1. The Morgan fingerprint density at radius 3 is 2.47 bits per heavy atom. The van der Waals surface area contributed by atoms with E-state index in [1.165, 1.54) is 11.0 Å². The van der Waals surface area contributed by atoms with Crippen molar-refractivity contribution in [2.24, 2.45) is 0 Å². The summed E-state index contributed by atoms with van der Waals surface area (Å²) in [7, 11) is 1.61. The van der Waals surface area contributed by atoms with Crippen molar-refractivity contribution in [3.05, 3.63) is 35.4 Å². The first-order valence-electron chi connectivity index (χ1n) is 6.21. The van der Waals surface area contributed by atoms with Crippen LogP contribution >= 0.6 is 0 Å². The zero-order valence-corrected chi connectivity index (χ0v) is 11.4. The van der Waals surface area contributed by atoms with Gasteiger partial charge in [0, 0.05) is 13.5 Å². The monoisotopic (exact) mass is 271 g/mol. The zero-order valence-electron chi connectivity index (χ0n) is 11.4. The van der Waals surface area contributed by atoms with Gasteiger partial charge >= 0.3 is 0 Å². The quantitative estimate of drug-likeness (QED) is 0.894. The summed E-state index contributed by atoms with van der Waals surface area (Å²) in [5.74, 6) is -1.97. The molecule has 0 saturated heterocycles. The molecule has 5 heteroatoms. The number of carbonyl (C=O) groups excluding carboxylic acids is 1. The van der Waals surface area contributed by atoms with Crippen LogP contribution in [0.2, 0.25) is 0 Å². The van der Waals surface area contributed by atoms with Gasteiger partial charge in [-0.1, -0.05) is 6.07 Å². The van der Waals surface area contributed by atoms with E-state index in [2.05, 4.69) is 0 Å². The molecular weight excluding hydrogens is 252 g/mol. The third-order valence-electron chi connectivity index (χ3n) is 3.18. The second kappa shape index (κ2) is 6.61. The molecule has 0 saturated carbocycles. The van der Waals surface area contributed by atoms with E-state index >= 15 is 0 Å². The van der Waals surface area contributed by atoms with Crippen molar-refractivity contribution in [2.75, 3.05) is 7.05 Å². The normalized spacial score (nSPS) is 14.0. The fourth-order valence-corrected chi connectivity index (χ4v) is 1.72. The lowest BCUT2D eigenvalue weighted by Crippen LogP contribution is -2.30. The van der Waals surface area contributed by atoms with E-state index in [9.17, 15) is 13.6 Å². The van der Waals surface area contributed by atoms with Gasteiger partial charge in [-0.25, -0.2) is 8.78 Å². The Morgan fingerprint density at radius 1 is 1.32 bits per heavy atom. The molecule has 0 aliphatic heterocycles. The molecule has 0 aliphatic carbocycles. The van der Waals surface area contributed by atoms with Gasteiger partial charge in [0.15, 0.2) is 11.6 Å². The molecule has 0 aliphatic rings. The lowest BCUT2D eigenvalue weighted by molar-refractivity contribution is -0.132. The number of rotatable bonds is 5. The summed E-state index contributed by atoms with van der Waals surface area (Å²) < 4.78 is 26.0. The van der Waals surface area contributed by atoms with Crippen LogP contribution in [-0.2, 0) is 4.79 Å². The Morgan fingerprint density at radius 2 is 1.95 bits per heavy atom. The fourth-order valence-electron chi connectivity index (χ4n) is 1.72. The molecule has 106 valence electrons. The van der Waals surface area contributed by atoms with Gasteiger partial charge in [-0.05, 0) is 38.0 Å². The molecule has 1 aromatic carbocycles. The zero-order chi connectivity index (χ0) is 14.6. The van der Waals surface area contributed by atoms with Crippen LogP contribution in [0.25, 0.3) is 0 Å². The largest absolute Gasteiger partial charge is 0.393 e. The standard InChI is InChI=1S/C14H19F2NO2/c1-9(18)4-7-14(19)17(3)10(2)11-5-6-12(15)13(16)8-11/h5-6,8-10,18H,4,7H2,1-3H3. The van der Waals surface area contributed by atoms with Gasteiger partial charge in [-0.15, -0.1) is 0 Å². The van der Waals surface area contributed by atoms with E-state index in [1.54, 1.807) is 20.9 Å². The van der Waals surface area contributed by atoms with E-state index in [1.807, 2.05) is 0 Å². The lowest BCUT2D eigenvalue weighted by atomic mass is 10.1. The topological polar surface area (TPSA) is 40.5 Å². The highest BCUT2D eigenvalue weighted by Gasteiger charge is 2.18. The van der Waals surface area contributed by atoms with Crippen LogP contribution in [0.5, 0.6) is 0 Å². The maximum Gasteiger partial charge on any atom is 0.222 e. The molecule has 0 spiro atoms. The third-order valence-corrected chi connectivity index (χ3v) is 3.18. The van der Waals surface area contributed by atoms with Gasteiger partial charge in [-0.2, -0.15) is 0 Å². The van der Waals surface area contributed by atoms with Crippen LogP contribution in [-0.4, -0.2) is 29.1 Å². The van der Waals surface area contributed by atoms with Crippen molar-refractivity contribution in [3.63, 3.8) is 0 Å². The Balaban J connectivity index is 2.72. The summed E-state index contributed by atoms with van der Waals surface area (Å²) in [6, 6.07) is 3.26. The first kappa shape index (κ1) is 15.6. The Labute approximate surface area is 111 Å². The number of hydrogen-bond acceptors (Lipinski definition) is 2. The van der Waals surface area contributed by atoms with Gasteiger partial charge < -0.3 is 10.0 Å². The van der Waals surface area contributed by atoms with Crippen molar-refractivity contribution in [1.29, 1.82) is 0 Å². The first-order chi connectivity index (χ1) is 8.82. The summed E-state index contributed by atoms with van der Waals surface area (Å²) in [4.78, 5) is 13.3. The molecule has 2 atom stereocenters. The van der Waals surface area contributed by atoms with Crippen LogP contribution in [0.15, 0.2) is 18.2 Å². The van der Waals surface area contributed by atoms with Crippen molar-refractivity contribution >= 4 is 5.91 Å². The number of amides is 1. The van der Waals surface area contributed by atoms with E-state index < -0.39 is 17.7 Å². The van der Waals surface area contributed by atoms with E-state index in [-0.39, 0.29) is 18.4 Å². The summed E-state index contributed by atoms with van der Waals surface area (Å²) in [6.07, 6.45) is 0.0754. The van der Waals surface area contributed by atoms with Gasteiger partial charge in [0.05, 0.1) is 12.1 Å². The average Bonchev–Trinajstić information content (AvgIpc) is 2.37. The number of carbonyl (C=O) groups is 1. The SMILES string of the molecule is CC(O)CCC(=O)N(C)C(C)c1ccc(F)c(F)c1. The first-order valence-corrected chi connectivity index (χ1v) is 6.21. The minimum absolute atomic E-state index is 0.141. The van der Waals surface area contributed by atoms with Crippen molar-refractivity contribution in [3.8, 4) is 0 Å². The molecule has 0 aromatic heterocycles. The number of halogens is 2. The van der Waals surface area contributed by atoms with Gasteiger partial charge in [0.2, 0.25) is 5.91 Å². The number of aliphatic hydroxyl groups is 1. The molecule has 0 fully saturated rings. The van der Waals surface area contributed by atoms with E-state index in [0.29, 0.717) is 12.0 Å². The molecule has 2 unspecified atom stereocenters. The highest BCUT2D eigenvalue weighted by Crippen LogP contribution is 2.21. The van der Waals surface area contributed by atoms with Crippen molar-refractivity contribution in [2.45, 2.75) is 38.8 Å². The molecule has 1 rings (SSSR count). The predicted octanol–water partition coefficient (Wildman–Crippen LogP) is 2.65. The lowest BCUT2D eigenvalue weighted by Gasteiger charge is -2.25. The fraction of sp³-hybridized carbons (Fsp3) is 0.500. The molecule has 1 N–H and O–H groups in total. The van der Waals surface area contributed by atoms with Crippen LogP contribution in [0.3, 0.4) is 0 Å². The van der Waals surface area contributed by atoms with Gasteiger partial charge in [-0.3, -0.25) is 4.79 Å². The van der Waals surface area contributed by atoms with Crippen LogP contribution in [0.1, 0.15) is 38.3 Å². The highest BCUT2D eigenvalue weighted by molar-refractivity contribution is 5.76. The minimum Gasteiger partial charge on any atom is -0.393 e. The molecular formula is C14H19F2NO2. The third kappa shape index (κ3) is 4.28. The Hall–Kier alpha value is -1.49. The number of hydrogen-bond donors (Lipinski definition) is 1. The molecule has 3 nitrogen and oxygen atoms in total.